The van der Waals surface area contributed by atoms with Crippen LogP contribution in [0.15, 0.2) is 18.2 Å². The average molecular weight is 488 g/mol. The van der Waals surface area contributed by atoms with Crippen molar-refractivity contribution >= 4 is 56.6 Å². The Morgan fingerprint density at radius 2 is 1.79 bits per heavy atom. The van der Waals surface area contributed by atoms with Crippen molar-refractivity contribution in [3.05, 3.63) is 28.2 Å². The molecule has 4 nitrogen and oxygen atoms in total. The summed E-state index contributed by atoms with van der Waals surface area (Å²) in [5.41, 5.74) is 0.0832. The first-order chi connectivity index (χ1) is 13.2. The van der Waals surface area contributed by atoms with Gasteiger partial charge in [-0.3, -0.25) is 9.59 Å². The second-order valence-corrected chi connectivity index (χ2v) is 11.4. The van der Waals surface area contributed by atoms with Gasteiger partial charge in [0.2, 0.25) is 11.8 Å². The lowest BCUT2D eigenvalue weighted by Gasteiger charge is -2.60. The van der Waals surface area contributed by atoms with Crippen LogP contribution in [0, 0.1) is 17.3 Å². The van der Waals surface area contributed by atoms with Gasteiger partial charge in [0.25, 0.3) is 0 Å². The molecule has 28 heavy (non-hydrogen) atoms. The van der Waals surface area contributed by atoms with Gasteiger partial charge in [-0.25, -0.2) is 0 Å². The molecule has 4 aliphatic rings. The van der Waals surface area contributed by atoms with Gasteiger partial charge in [-0.05, 0) is 69.4 Å². The monoisotopic (exact) mass is 486 g/mol. The minimum absolute atomic E-state index is 0.0171. The number of alkyl halides is 1. The molecule has 1 N–H and O–H groups in total. The number of carbonyl (C=O) groups excluding carboxylic acids is 2. The Hall–Kier alpha value is -0.780. The summed E-state index contributed by atoms with van der Waals surface area (Å²) in [6.45, 7) is 2.45. The zero-order chi connectivity index (χ0) is 20.1. The number of hydrogen-bond acceptors (Lipinski definition) is 2. The number of amides is 2. The van der Waals surface area contributed by atoms with Gasteiger partial charge in [0, 0.05) is 10.9 Å². The van der Waals surface area contributed by atoms with Gasteiger partial charge in [-0.2, -0.15) is 0 Å². The number of rotatable bonds is 5. The van der Waals surface area contributed by atoms with E-state index in [1.54, 1.807) is 23.1 Å². The lowest BCUT2D eigenvalue weighted by molar-refractivity contribution is -0.156. The highest BCUT2D eigenvalue weighted by atomic mass is 79.9. The molecule has 0 heterocycles. The van der Waals surface area contributed by atoms with Gasteiger partial charge < -0.3 is 10.2 Å². The third-order valence-corrected chi connectivity index (χ3v) is 8.23. The average Bonchev–Trinajstić information content (AvgIpc) is 2.60. The van der Waals surface area contributed by atoms with Gasteiger partial charge in [0.15, 0.2) is 0 Å². The first kappa shape index (κ1) is 20.5. The van der Waals surface area contributed by atoms with Gasteiger partial charge in [0.05, 0.1) is 27.7 Å². The van der Waals surface area contributed by atoms with Crippen molar-refractivity contribution in [2.75, 3.05) is 18.4 Å². The molecule has 2 atom stereocenters. The summed E-state index contributed by atoms with van der Waals surface area (Å²) >= 11 is 16.3. The number of nitrogens with one attached hydrogen (secondary N) is 1. The van der Waals surface area contributed by atoms with E-state index in [1.165, 1.54) is 19.3 Å². The first-order valence-corrected chi connectivity index (χ1v) is 11.5. The molecule has 5 rings (SSSR count). The molecule has 0 aromatic heterocycles. The molecule has 4 aliphatic carbocycles. The highest BCUT2D eigenvalue weighted by Gasteiger charge is 2.60. The molecule has 2 unspecified atom stereocenters. The SMILES string of the molecule is CCN(CC(=O)Nc1c(Cl)cccc1Cl)C(=O)C12CC3CC(CC(Br)(C3)C1)C2. The number of hydrogen-bond donors (Lipinski definition) is 1. The molecule has 0 aliphatic heterocycles. The van der Waals surface area contributed by atoms with E-state index >= 15 is 0 Å². The predicted molar refractivity (Wildman–Crippen MR) is 116 cm³/mol. The third-order valence-electron chi connectivity index (χ3n) is 6.67. The lowest BCUT2D eigenvalue weighted by atomic mass is 9.49. The van der Waals surface area contributed by atoms with Crippen molar-refractivity contribution in [3.63, 3.8) is 0 Å². The lowest BCUT2D eigenvalue weighted by Crippen LogP contribution is -2.59. The normalized spacial score (nSPS) is 33.0. The number of para-hydroxylation sites is 1. The fraction of sp³-hybridized carbons (Fsp3) is 0.619. The van der Waals surface area contributed by atoms with E-state index in [1.807, 2.05) is 6.92 Å². The summed E-state index contributed by atoms with van der Waals surface area (Å²) in [4.78, 5) is 27.9. The molecule has 0 saturated heterocycles. The molecule has 4 bridgehead atoms. The quantitative estimate of drug-likeness (QED) is 0.556. The van der Waals surface area contributed by atoms with Crippen molar-refractivity contribution in [1.82, 2.24) is 4.90 Å². The molecular weight excluding hydrogens is 463 g/mol. The second-order valence-electron chi connectivity index (χ2n) is 8.86. The van der Waals surface area contributed by atoms with Crippen LogP contribution in [-0.4, -0.2) is 34.1 Å². The molecule has 7 heteroatoms. The zero-order valence-corrected chi connectivity index (χ0v) is 19.0. The van der Waals surface area contributed by atoms with E-state index in [0.29, 0.717) is 34.1 Å². The summed E-state index contributed by atoms with van der Waals surface area (Å²) < 4.78 is 0.111. The molecule has 4 fully saturated rings. The molecule has 152 valence electrons. The summed E-state index contributed by atoms with van der Waals surface area (Å²) in [5, 5.41) is 3.55. The third kappa shape index (κ3) is 3.70. The molecule has 0 radical (unpaired) electrons. The van der Waals surface area contributed by atoms with E-state index < -0.39 is 0 Å². The summed E-state index contributed by atoms with van der Waals surface area (Å²) in [6.07, 6.45) is 6.42. The Balaban J connectivity index is 1.48. The maximum absolute atomic E-state index is 13.6. The largest absolute Gasteiger partial charge is 0.333 e. The van der Waals surface area contributed by atoms with E-state index in [4.69, 9.17) is 23.2 Å². The second kappa shape index (κ2) is 7.48. The van der Waals surface area contributed by atoms with Crippen LogP contribution in [0.3, 0.4) is 0 Å². The maximum atomic E-state index is 13.6. The van der Waals surface area contributed by atoms with Crippen LogP contribution in [0.2, 0.25) is 10.0 Å². The van der Waals surface area contributed by atoms with Crippen LogP contribution in [-0.2, 0) is 9.59 Å². The Morgan fingerprint density at radius 3 is 2.32 bits per heavy atom. The molecule has 1 aromatic rings. The van der Waals surface area contributed by atoms with Crippen LogP contribution in [0.1, 0.15) is 45.4 Å². The van der Waals surface area contributed by atoms with E-state index in [0.717, 1.165) is 19.3 Å². The zero-order valence-electron chi connectivity index (χ0n) is 15.9. The number of likely N-dealkylation sites (N-methyl/N-ethyl adjacent to an activating group) is 1. The molecular formula is C21H25BrCl2N2O2. The fourth-order valence-corrected chi connectivity index (χ4v) is 7.98. The van der Waals surface area contributed by atoms with Crippen molar-refractivity contribution in [2.45, 2.75) is 49.8 Å². The predicted octanol–water partition coefficient (Wildman–Crippen LogP) is 5.51. The molecule has 0 spiro atoms. The van der Waals surface area contributed by atoms with Crippen molar-refractivity contribution in [1.29, 1.82) is 0 Å². The van der Waals surface area contributed by atoms with Crippen LogP contribution in [0.4, 0.5) is 5.69 Å². The highest BCUT2D eigenvalue weighted by molar-refractivity contribution is 9.10. The summed E-state index contributed by atoms with van der Waals surface area (Å²) in [6, 6.07) is 5.08. The number of benzene rings is 1. The Kier molecular flexibility index (Phi) is 5.47. The summed E-state index contributed by atoms with van der Waals surface area (Å²) in [7, 11) is 0. The molecule has 2 amide bonds. The van der Waals surface area contributed by atoms with Crippen LogP contribution in [0.25, 0.3) is 0 Å². The number of anilines is 1. The molecule has 1 aromatic carbocycles. The summed E-state index contributed by atoms with van der Waals surface area (Å²) in [5.74, 6) is 1.11. The maximum Gasteiger partial charge on any atom is 0.244 e. The Labute approximate surface area is 184 Å². The number of nitrogens with zero attached hydrogens (tertiary/aromatic N) is 1. The minimum atomic E-state index is -0.314. The van der Waals surface area contributed by atoms with Gasteiger partial charge >= 0.3 is 0 Å². The van der Waals surface area contributed by atoms with Gasteiger partial charge in [-0.1, -0.05) is 45.2 Å². The van der Waals surface area contributed by atoms with E-state index in [9.17, 15) is 9.59 Å². The van der Waals surface area contributed by atoms with Gasteiger partial charge in [0.1, 0.15) is 0 Å². The highest BCUT2D eigenvalue weighted by Crippen LogP contribution is 2.64. The van der Waals surface area contributed by atoms with Crippen molar-refractivity contribution in [3.8, 4) is 0 Å². The van der Waals surface area contributed by atoms with Crippen LogP contribution < -0.4 is 5.32 Å². The number of halogens is 3. The molecule has 4 saturated carbocycles. The van der Waals surface area contributed by atoms with E-state index in [-0.39, 0.29) is 28.1 Å². The van der Waals surface area contributed by atoms with E-state index in [2.05, 4.69) is 21.2 Å². The van der Waals surface area contributed by atoms with Crippen LogP contribution in [0.5, 0.6) is 0 Å². The minimum Gasteiger partial charge on any atom is -0.333 e. The fourth-order valence-electron chi connectivity index (χ4n) is 6.03. The van der Waals surface area contributed by atoms with Crippen molar-refractivity contribution in [2.24, 2.45) is 17.3 Å². The Morgan fingerprint density at radius 1 is 1.18 bits per heavy atom. The van der Waals surface area contributed by atoms with Crippen LogP contribution >= 0.6 is 39.1 Å². The van der Waals surface area contributed by atoms with Crippen molar-refractivity contribution < 1.29 is 9.59 Å². The topological polar surface area (TPSA) is 49.4 Å². The first-order valence-electron chi connectivity index (χ1n) is 9.96. The standard InChI is InChI=1S/C21H25BrCl2N2O2/c1-2-26(11-17(27)25-18-15(23)4-3-5-16(18)24)19(28)20-7-13-6-14(8-20)10-21(22,9-13)12-20/h3-5,13-14H,2,6-12H2,1H3,(H,25,27). The van der Waals surface area contributed by atoms with Gasteiger partial charge in [-0.15, -0.1) is 0 Å². The smallest absolute Gasteiger partial charge is 0.244 e. The number of carbonyl (C=O) groups is 2. The Bertz CT molecular complexity index is 781.